The van der Waals surface area contributed by atoms with E-state index in [0.717, 1.165) is 11.3 Å². The summed E-state index contributed by atoms with van der Waals surface area (Å²) in [6, 6.07) is 12.1. The third-order valence-corrected chi connectivity index (χ3v) is 7.92. The number of halogens is 2. The molecule has 3 aromatic rings. The fraction of sp³-hybridized carbons (Fsp3) is 0.233. The average Bonchev–Trinajstić information content (AvgIpc) is 2.98. The summed E-state index contributed by atoms with van der Waals surface area (Å²) in [4.78, 5) is 39.5. The van der Waals surface area contributed by atoms with E-state index < -0.39 is 28.0 Å². The van der Waals surface area contributed by atoms with Gasteiger partial charge in [0.05, 0.1) is 31.9 Å². The highest BCUT2D eigenvalue weighted by atomic mass is 35.5. The van der Waals surface area contributed by atoms with Gasteiger partial charge in [0.1, 0.15) is 10.5 Å². The Balaban J connectivity index is 1.62. The summed E-state index contributed by atoms with van der Waals surface area (Å²) in [7, 11) is -3.06. The molecule has 44 heavy (non-hydrogen) atoms. The Labute approximate surface area is 264 Å². The second kappa shape index (κ2) is 14.0. The number of carbonyl (C=O) groups excluding carboxylic acids is 3. The number of urea groups is 1. The lowest BCUT2D eigenvalue weighted by molar-refractivity contribution is -0.130. The molecular weight excluding hydrogens is 635 g/mol. The number of hydrogen-bond acceptors (Lipinski definition) is 9. The molecule has 0 unspecified atom stereocenters. The van der Waals surface area contributed by atoms with Crippen molar-refractivity contribution in [2.75, 3.05) is 20.3 Å². The first kappa shape index (κ1) is 32.6. The lowest BCUT2D eigenvalue weighted by atomic mass is 10.1. The number of barbiturate groups is 1. The molecule has 232 valence electrons. The van der Waals surface area contributed by atoms with Crippen LogP contribution in [0, 0.1) is 0 Å². The smallest absolute Gasteiger partial charge is 0.339 e. The number of rotatable bonds is 12. The number of benzene rings is 3. The molecule has 0 saturated carbocycles. The van der Waals surface area contributed by atoms with Crippen molar-refractivity contribution in [1.29, 1.82) is 0 Å². The van der Waals surface area contributed by atoms with Crippen LogP contribution in [0.25, 0.3) is 6.08 Å². The van der Waals surface area contributed by atoms with E-state index in [1.165, 1.54) is 49.6 Å². The van der Waals surface area contributed by atoms with Crippen LogP contribution in [0.15, 0.2) is 65.1 Å². The van der Waals surface area contributed by atoms with E-state index in [-0.39, 0.29) is 39.1 Å². The number of nitrogens with one attached hydrogen (secondary N) is 1. The summed E-state index contributed by atoms with van der Waals surface area (Å²) in [5, 5.41) is 2.32. The van der Waals surface area contributed by atoms with E-state index in [0.29, 0.717) is 35.3 Å². The van der Waals surface area contributed by atoms with Crippen molar-refractivity contribution in [3.63, 3.8) is 0 Å². The van der Waals surface area contributed by atoms with Crippen LogP contribution in [0.5, 0.6) is 23.0 Å². The summed E-state index contributed by atoms with van der Waals surface area (Å²) in [5.74, 6) is -1.19. The van der Waals surface area contributed by atoms with E-state index in [1.54, 1.807) is 18.2 Å². The quantitative estimate of drug-likeness (QED) is 0.149. The monoisotopic (exact) mass is 662 g/mol. The van der Waals surface area contributed by atoms with Crippen molar-refractivity contribution in [2.45, 2.75) is 31.7 Å². The van der Waals surface area contributed by atoms with Crippen molar-refractivity contribution < 1.29 is 41.2 Å². The highest BCUT2D eigenvalue weighted by molar-refractivity contribution is 7.87. The third-order valence-electron chi connectivity index (χ3n) is 6.15. The summed E-state index contributed by atoms with van der Waals surface area (Å²) in [6.45, 7) is 4.49. The van der Waals surface area contributed by atoms with Gasteiger partial charge in [-0.25, -0.2) is 4.79 Å². The predicted octanol–water partition coefficient (Wildman–Crippen LogP) is 5.62. The number of ether oxygens (including phenoxy) is 3. The van der Waals surface area contributed by atoms with Gasteiger partial charge < -0.3 is 18.4 Å². The zero-order valence-corrected chi connectivity index (χ0v) is 26.2. The van der Waals surface area contributed by atoms with Gasteiger partial charge >= 0.3 is 16.1 Å². The van der Waals surface area contributed by atoms with Crippen LogP contribution in [0.3, 0.4) is 0 Å². The normalized spacial score (nSPS) is 14.4. The topological polar surface area (TPSA) is 138 Å². The maximum absolute atomic E-state index is 13.4. The predicted molar refractivity (Wildman–Crippen MR) is 163 cm³/mol. The molecule has 0 atom stereocenters. The molecule has 1 aliphatic rings. The Kier molecular flexibility index (Phi) is 10.4. The number of amides is 4. The first-order valence-corrected chi connectivity index (χ1v) is 15.5. The van der Waals surface area contributed by atoms with Crippen molar-refractivity contribution in [1.82, 2.24) is 10.2 Å². The van der Waals surface area contributed by atoms with Crippen LogP contribution in [-0.2, 0) is 26.3 Å². The van der Waals surface area contributed by atoms with E-state index in [2.05, 4.69) is 5.32 Å². The molecule has 1 aliphatic heterocycles. The zero-order chi connectivity index (χ0) is 32.0. The maximum Gasteiger partial charge on any atom is 0.339 e. The van der Waals surface area contributed by atoms with Crippen LogP contribution >= 0.6 is 23.2 Å². The van der Waals surface area contributed by atoms with Crippen molar-refractivity contribution in [2.24, 2.45) is 0 Å². The number of methoxy groups -OCH3 is 1. The van der Waals surface area contributed by atoms with E-state index >= 15 is 0 Å². The van der Waals surface area contributed by atoms with Crippen LogP contribution in [0.2, 0.25) is 10.0 Å². The molecule has 0 spiro atoms. The van der Waals surface area contributed by atoms with Crippen LogP contribution in [0.4, 0.5) is 4.79 Å². The van der Waals surface area contributed by atoms with Crippen LogP contribution in [0.1, 0.15) is 31.4 Å². The molecule has 0 aliphatic carbocycles. The molecule has 0 radical (unpaired) electrons. The molecule has 1 N–H and O–H groups in total. The second-order valence-electron chi connectivity index (χ2n) is 9.30. The first-order chi connectivity index (χ1) is 21.0. The fourth-order valence-electron chi connectivity index (χ4n) is 4.10. The molecule has 1 fully saturated rings. The molecule has 11 nitrogen and oxygen atoms in total. The second-order valence-corrected chi connectivity index (χ2v) is 11.7. The lowest BCUT2D eigenvalue weighted by Gasteiger charge is -2.26. The average molecular weight is 664 g/mol. The van der Waals surface area contributed by atoms with E-state index in [9.17, 15) is 22.8 Å². The van der Waals surface area contributed by atoms with Gasteiger partial charge in [-0.1, -0.05) is 36.2 Å². The van der Waals surface area contributed by atoms with Gasteiger partial charge in [-0.2, -0.15) is 8.42 Å². The maximum atomic E-state index is 13.4. The minimum absolute atomic E-state index is 0.0904. The minimum Gasteiger partial charge on any atom is -0.493 e. The largest absolute Gasteiger partial charge is 0.493 e. The van der Waals surface area contributed by atoms with Gasteiger partial charge in [-0.05, 0) is 79.1 Å². The highest BCUT2D eigenvalue weighted by Crippen LogP contribution is 2.39. The van der Waals surface area contributed by atoms with Crippen molar-refractivity contribution in [3.05, 3.63) is 81.3 Å². The van der Waals surface area contributed by atoms with Crippen LogP contribution in [-0.4, -0.2) is 51.5 Å². The molecule has 0 aromatic heterocycles. The molecule has 4 rings (SSSR count). The van der Waals surface area contributed by atoms with Gasteiger partial charge in [0.15, 0.2) is 17.2 Å². The molecule has 14 heteroatoms. The van der Waals surface area contributed by atoms with Crippen molar-refractivity contribution in [3.8, 4) is 23.0 Å². The summed E-state index contributed by atoms with van der Waals surface area (Å²) in [5.41, 5.74) is 0.396. The Morgan fingerprint density at radius 2 is 1.64 bits per heavy atom. The lowest BCUT2D eigenvalue weighted by Crippen LogP contribution is -2.53. The summed E-state index contributed by atoms with van der Waals surface area (Å²) < 4.78 is 47.6. The number of nitrogens with zero attached hydrogens (tertiary/aromatic N) is 1. The van der Waals surface area contributed by atoms with Crippen LogP contribution < -0.4 is 23.7 Å². The Hall–Kier alpha value is -4.26. The Morgan fingerprint density at radius 1 is 0.909 bits per heavy atom. The SMILES string of the molecule is CCCOc1ccc(CN2C(=O)NC(=O)/C(=C\c3cc(Cl)c(OS(=O)(=O)c4ccc(Cl)cc4)c(OC)c3)C2=O)cc1OCC. The fourth-order valence-corrected chi connectivity index (χ4v) is 5.49. The van der Waals surface area contributed by atoms with Gasteiger partial charge in [0.25, 0.3) is 11.8 Å². The highest BCUT2D eigenvalue weighted by Gasteiger charge is 2.36. The zero-order valence-electron chi connectivity index (χ0n) is 23.9. The summed E-state index contributed by atoms with van der Waals surface area (Å²) >= 11 is 12.2. The molecule has 0 bridgehead atoms. The Bertz CT molecular complexity index is 1720. The van der Waals surface area contributed by atoms with Crippen molar-refractivity contribution >= 4 is 57.2 Å². The standard InChI is InChI=1S/C30H28Cl2N2O9S/c1-4-12-42-24-11-6-18(15-25(24)41-5-2)17-34-29(36)22(28(35)33-30(34)37)13-19-14-23(32)27(26(16-19)40-3)43-44(38,39)21-9-7-20(31)8-10-21/h6-11,13-16H,4-5,12,17H2,1-3H3,(H,33,35,37)/b22-13+. The molecule has 3 aromatic carbocycles. The number of imide groups is 2. The first-order valence-electron chi connectivity index (χ1n) is 13.3. The van der Waals surface area contributed by atoms with Gasteiger partial charge in [0, 0.05) is 5.02 Å². The minimum atomic E-state index is -4.32. The molecule has 1 saturated heterocycles. The molecule has 1 heterocycles. The number of carbonyl (C=O) groups is 3. The van der Waals surface area contributed by atoms with Gasteiger partial charge in [-0.3, -0.25) is 19.8 Å². The molecular formula is C30H28Cl2N2O9S. The van der Waals surface area contributed by atoms with Gasteiger partial charge in [0.2, 0.25) is 5.75 Å². The van der Waals surface area contributed by atoms with Gasteiger partial charge in [-0.15, -0.1) is 0 Å². The number of hydrogen-bond donors (Lipinski definition) is 1. The van der Waals surface area contributed by atoms with E-state index in [4.69, 9.17) is 41.6 Å². The Morgan fingerprint density at radius 3 is 2.30 bits per heavy atom. The molecule has 4 amide bonds. The summed E-state index contributed by atoms with van der Waals surface area (Å²) in [6.07, 6.45) is 2.00. The van der Waals surface area contributed by atoms with E-state index in [1.807, 2.05) is 13.8 Å². The third kappa shape index (κ3) is 7.44.